The Hall–Kier alpha value is -2.50. The van der Waals surface area contributed by atoms with Crippen LogP contribution in [0.25, 0.3) is 0 Å². The molecule has 6 heteroatoms. The number of esters is 1. The smallest absolute Gasteiger partial charge is 0.337 e. The van der Waals surface area contributed by atoms with E-state index in [1.54, 1.807) is 6.92 Å². The molecule has 2 N–H and O–H groups in total. The van der Waals surface area contributed by atoms with Crippen molar-refractivity contribution in [3.8, 4) is 0 Å². The maximum absolute atomic E-state index is 12.5. The molecule has 1 aromatic rings. The average molecular weight is 357 g/mol. The van der Waals surface area contributed by atoms with Crippen LogP contribution >= 0.6 is 0 Å². The minimum Gasteiger partial charge on any atom is -0.463 e. The van der Waals surface area contributed by atoms with Crippen LogP contribution < -0.4 is 15.5 Å². The third-order valence-electron chi connectivity index (χ3n) is 4.95. The molecule has 0 aliphatic carbocycles. The van der Waals surface area contributed by atoms with Gasteiger partial charge in [0.05, 0.1) is 30.5 Å². The van der Waals surface area contributed by atoms with Gasteiger partial charge in [0.15, 0.2) is 0 Å². The van der Waals surface area contributed by atoms with Gasteiger partial charge < -0.3 is 20.3 Å². The van der Waals surface area contributed by atoms with E-state index in [2.05, 4.69) is 40.7 Å². The SMILES string of the molecule is CCOC(=O)C1=C(CN2CCCc3cc(C)ccc32)NC(=O)N[C@H]1CC. The molecule has 0 radical (unpaired) electrons. The first kappa shape index (κ1) is 18.3. The Bertz CT molecular complexity index is 742. The largest absolute Gasteiger partial charge is 0.463 e. The molecule has 0 saturated carbocycles. The van der Waals surface area contributed by atoms with Crippen LogP contribution in [0.2, 0.25) is 0 Å². The van der Waals surface area contributed by atoms with E-state index < -0.39 is 0 Å². The number of anilines is 1. The summed E-state index contributed by atoms with van der Waals surface area (Å²) in [5.41, 5.74) is 4.93. The van der Waals surface area contributed by atoms with Gasteiger partial charge in [-0.3, -0.25) is 0 Å². The number of carbonyl (C=O) groups is 2. The number of nitrogens with one attached hydrogen (secondary N) is 2. The Morgan fingerprint density at radius 2 is 2.15 bits per heavy atom. The van der Waals surface area contributed by atoms with E-state index in [1.165, 1.54) is 16.8 Å². The lowest BCUT2D eigenvalue weighted by Gasteiger charge is -2.35. The summed E-state index contributed by atoms with van der Waals surface area (Å²) >= 11 is 0. The van der Waals surface area contributed by atoms with Crippen molar-refractivity contribution in [2.75, 3.05) is 24.6 Å². The molecule has 0 spiro atoms. The van der Waals surface area contributed by atoms with Gasteiger partial charge in [0, 0.05) is 12.2 Å². The van der Waals surface area contributed by atoms with Crippen LogP contribution in [-0.4, -0.2) is 37.7 Å². The Kier molecular flexibility index (Phi) is 5.49. The second-order valence-corrected chi connectivity index (χ2v) is 6.83. The van der Waals surface area contributed by atoms with Gasteiger partial charge in [-0.25, -0.2) is 9.59 Å². The molecule has 6 nitrogen and oxygen atoms in total. The third kappa shape index (κ3) is 3.69. The summed E-state index contributed by atoms with van der Waals surface area (Å²) in [6.07, 6.45) is 2.76. The molecule has 2 heterocycles. The number of aryl methyl sites for hydroxylation is 2. The first-order valence-electron chi connectivity index (χ1n) is 9.35. The fourth-order valence-corrected chi connectivity index (χ4v) is 3.75. The Labute approximate surface area is 154 Å². The number of hydrogen-bond donors (Lipinski definition) is 2. The zero-order valence-electron chi connectivity index (χ0n) is 15.7. The highest BCUT2D eigenvalue weighted by atomic mass is 16.5. The highest BCUT2D eigenvalue weighted by Gasteiger charge is 2.32. The molecule has 140 valence electrons. The van der Waals surface area contributed by atoms with Crippen molar-refractivity contribution in [2.24, 2.45) is 0 Å². The highest BCUT2D eigenvalue weighted by Crippen LogP contribution is 2.29. The van der Waals surface area contributed by atoms with Gasteiger partial charge >= 0.3 is 12.0 Å². The molecule has 26 heavy (non-hydrogen) atoms. The highest BCUT2D eigenvalue weighted by molar-refractivity contribution is 5.95. The van der Waals surface area contributed by atoms with E-state index in [1.807, 2.05) is 6.92 Å². The van der Waals surface area contributed by atoms with E-state index in [0.29, 0.717) is 30.8 Å². The number of fused-ring (bicyclic) bond motifs is 1. The predicted octanol–water partition coefficient (Wildman–Crippen LogP) is 2.66. The van der Waals surface area contributed by atoms with Crippen molar-refractivity contribution >= 4 is 17.7 Å². The van der Waals surface area contributed by atoms with Gasteiger partial charge in [-0.05, 0) is 44.7 Å². The van der Waals surface area contributed by atoms with Gasteiger partial charge in [0.1, 0.15) is 0 Å². The third-order valence-corrected chi connectivity index (χ3v) is 4.95. The second kappa shape index (κ2) is 7.81. The number of hydrogen-bond acceptors (Lipinski definition) is 4. The zero-order chi connectivity index (χ0) is 18.7. The molecular formula is C20H27N3O3. The molecule has 1 atom stereocenters. The molecular weight excluding hydrogens is 330 g/mol. The Morgan fingerprint density at radius 1 is 1.35 bits per heavy atom. The van der Waals surface area contributed by atoms with E-state index in [9.17, 15) is 9.59 Å². The van der Waals surface area contributed by atoms with Crippen LogP contribution in [-0.2, 0) is 16.0 Å². The van der Waals surface area contributed by atoms with Crippen molar-refractivity contribution in [3.05, 3.63) is 40.6 Å². The summed E-state index contributed by atoms with van der Waals surface area (Å²) in [7, 11) is 0. The van der Waals surface area contributed by atoms with Crippen LogP contribution in [0.4, 0.5) is 10.5 Å². The van der Waals surface area contributed by atoms with Crippen molar-refractivity contribution in [2.45, 2.75) is 46.1 Å². The van der Waals surface area contributed by atoms with Crippen LogP contribution in [0.5, 0.6) is 0 Å². The molecule has 3 rings (SSSR count). The van der Waals surface area contributed by atoms with Gasteiger partial charge in [-0.1, -0.05) is 24.6 Å². The molecule has 0 aromatic heterocycles. The lowest BCUT2D eigenvalue weighted by atomic mass is 9.97. The number of rotatable bonds is 5. The van der Waals surface area contributed by atoms with E-state index in [0.717, 1.165) is 19.4 Å². The maximum atomic E-state index is 12.5. The molecule has 0 fully saturated rings. The van der Waals surface area contributed by atoms with Crippen molar-refractivity contribution in [1.82, 2.24) is 10.6 Å². The van der Waals surface area contributed by atoms with Crippen LogP contribution in [0.15, 0.2) is 29.5 Å². The van der Waals surface area contributed by atoms with Crippen LogP contribution in [0.1, 0.15) is 37.8 Å². The normalized spacial score (nSPS) is 19.6. The van der Waals surface area contributed by atoms with Crippen molar-refractivity contribution in [1.29, 1.82) is 0 Å². The zero-order valence-corrected chi connectivity index (χ0v) is 15.7. The van der Waals surface area contributed by atoms with Crippen molar-refractivity contribution < 1.29 is 14.3 Å². The maximum Gasteiger partial charge on any atom is 0.337 e. The van der Waals surface area contributed by atoms with Gasteiger partial charge in [0.2, 0.25) is 0 Å². The topological polar surface area (TPSA) is 70.7 Å². The standard InChI is InChI=1S/C20H27N3O3/c1-4-15-18(19(24)26-5-2)16(22-20(25)21-15)12-23-10-6-7-14-11-13(3)8-9-17(14)23/h8-9,11,15H,4-7,10,12H2,1-3H3,(H2,21,22,25)/t15-/m0/s1. The molecule has 2 amide bonds. The summed E-state index contributed by atoms with van der Waals surface area (Å²) in [6.45, 7) is 7.54. The van der Waals surface area contributed by atoms with Gasteiger partial charge in [-0.2, -0.15) is 0 Å². The molecule has 2 aliphatic heterocycles. The quantitative estimate of drug-likeness (QED) is 0.795. The monoisotopic (exact) mass is 357 g/mol. The molecule has 0 saturated heterocycles. The molecule has 0 unspecified atom stereocenters. The minimum atomic E-state index is -0.358. The molecule has 0 bridgehead atoms. The number of ether oxygens (including phenoxy) is 1. The number of carbonyl (C=O) groups excluding carboxylic acids is 2. The lowest BCUT2D eigenvalue weighted by Crippen LogP contribution is -2.52. The number of nitrogens with zero attached hydrogens (tertiary/aromatic N) is 1. The number of amides is 2. The average Bonchev–Trinajstić information content (AvgIpc) is 2.61. The lowest BCUT2D eigenvalue weighted by molar-refractivity contribution is -0.139. The van der Waals surface area contributed by atoms with Crippen LogP contribution in [0, 0.1) is 6.92 Å². The summed E-state index contributed by atoms with van der Waals surface area (Å²) in [4.78, 5) is 26.8. The summed E-state index contributed by atoms with van der Waals surface area (Å²) in [5, 5.41) is 5.67. The number of benzene rings is 1. The fraction of sp³-hybridized carbons (Fsp3) is 0.500. The predicted molar refractivity (Wildman–Crippen MR) is 101 cm³/mol. The number of urea groups is 1. The molecule has 1 aromatic carbocycles. The summed E-state index contributed by atoms with van der Waals surface area (Å²) in [5.74, 6) is -0.358. The van der Waals surface area contributed by atoms with Crippen molar-refractivity contribution in [3.63, 3.8) is 0 Å². The first-order chi connectivity index (χ1) is 12.5. The fourth-order valence-electron chi connectivity index (χ4n) is 3.75. The molecule has 2 aliphatic rings. The summed E-state index contributed by atoms with van der Waals surface area (Å²) in [6, 6.07) is 5.88. The van der Waals surface area contributed by atoms with Crippen LogP contribution in [0.3, 0.4) is 0 Å². The second-order valence-electron chi connectivity index (χ2n) is 6.83. The van der Waals surface area contributed by atoms with E-state index >= 15 is 0 Å². The first-order valence-corrected chi connectivity index (χ1v) is 9.35. The van der Waals surface area contributed by atoms with E-state index in [-0.39, 0.29) is 18.0 Å². The minimum absolute atomic E-state index is 0.263. The van der Waals surface area contributed by atoms with Gasteiger partial charge in [-0.15, -0.1) is 0 Å². The van der Waals surface area contributed by atoms with E-state index in [4.69, 9.17) is 4.74 Å². The Balaban J connectivity index is 1.95. The Morgan fingerprint density at radius 3 is 2.88 bits per heavy atom. The summed E-state index contributed by atoms with van der Waals surface area (Å²) < 4.78 is 5.25. The van der Waals surface area contributed by atoms with Gasteiger partial charge in [0.25, 0.3) is 0 Å².